The predicted octanol–water partition coefficient (Wildman–Crippen LogP) is 1.34. The number of anilines is 1. The Kier molecular flexibility index (Phi) is 4.38. The molecule has 0 unspecified atom stereocenters. The van der Waals surface area contributed by atoms with E-state index in [1.807, 2.05) is 30.3 Å². The molecule has 0 saturated carbocycles. The summed E-state index contributed by atoms with van der Waals surface area (Å²) < 4.78 is 2.71. The van der Waals surface area contributed by atoms with Crippen molar-refractivity contribution in [2.45, 2.75) is 13.0 Å². The lowest BCUT2D eigenvalue weighted by Crippen LogP contribution is -2.29. The lowest BCUT2D eigenvalue weighted by atomic mass is 10.2. The van der Waals surface area contributed by atoms with Gasteiger partial charge in [0.15, 0.2) is 0 Å². The third-order valence-electron chi connectivity index (χ3n) is 3.81. The Labute approximate surface area is 155 Å². The summed E-state index contributed by atoms with van der Waals surface area (Å²) >= 11 is 1.25. The number of carbonyl (C=O) groups excluding carboxylic acids is 1. The van der Waals surface area contributed by atoms with Crippen LogP contribution >= 0.6 is 11.3 Å². The molecule has 1 amide bonds. The van der Waals surface area contributed by atoms with Crippen molar-refractivity contribution in [3.05, 3.63) is 69.4 Å². The van der Waals surface area contributed by atoms with Gasteiger partial charge in [-0.05, 0) is 0 Å². The molecule has 0 radical (unpaired) electrons. The van der Waals surface area contributed by atoms with Crippen LogP contribution in [0.2, 0.25) is 0 Å². The second-order valence-corrected chi connectivity index (χ2v) is 6.68. The number of hydrogen-bond acceptors (Lipinski definition) is 6. The van der Waals surface area contributed by atoms with Crippen LogP contribution in [-0.2, 0) is 11.3 Å². The maximum atomic E-state index is 12.1. The largest absolute Gasteiger partial charge is 0.300 e. The second-order valence-electron chi connectivity index (χ2n) is 5.72. The van der Waals surface area contributed by atoms with Gasteiger partial charge in [0, 0.05) is 24.1 Å². The number of aromatic nitrogens is 5. The van der Waals surface area contributed by atoms with Crippen LogP contribution in [0.3, 0.4) is 0 Å². The SMILES string of the molecule is O=C(CCn1[nH]c(=O)ccc1=O)Nc1nn2cc(-c3ccccc3)nc2s1. The van der Waals surface area contributed by atoms with Crippen LogP contribution in [-0.4, -0.2) is 30.3 Å². The number of amides is 1. The number of aryl methyl sites for hydroxylation is 1. The Morgan fingerprint density at radius 2 is 1.96 bits per heavy atom. The standard InChI is InChI=1S/C17H14N6O3S/c24-13(8-9-22-15(26)7-6-14(25)20-22)19-16-21-23-10-12(18-17(23)27-16)11-4-2-1-3-5-11/h1-7,10H,8-9H2,(H,20,25)(H,19,21,24). The quantitative estimate of drug-likeness (QED) is 0.541. The molecule has 0 saturated heterocycles. The number of fused-ring (bicyclic) bond motifs is 1. The molecular weight excluding hydrogens is 368 g/mol. The average molecular weight is 382 g/mol. The van der Waals surface area contributed by atoms with E-state index in [9.17, 15) is 14.4 Å². The van der Waals surface area contributed by atoms with Gasteiger partial charge in [0.25, 0.3) is 11.1 Å². The first-order chi connectivity index (χ1) is 13.1. The Balaban J connectivity index is 1.43. The molecule has 9 nitrogen and oxygen atoms in total. The smallest absolute Gasteiger partial charge is 0.265 e. The summed E-state index contributed by atoms with van der Waals surface area (Å²) in [6.45, 7) is 0.0708. The Bertz CT molecular complexity index is 1190. The van der Waals surface area contributed by atoms with Gasteiger partial charge in [-0.2, -0.15) is 0 Å². The predicted molar refractivity (Wildman–Crippen MR) is 101 cm³/mol. The second kappa shape index (κ2) is 7.00. The highest BCUT2D eigenvalue weighted by Crippen LogP contribution is 2.24. The molecule has 0 fully saturated rings. The van der Waals surface area contributed by atoms with Crippen molar-refractivity contribution in [2.24, 2.45) is 0 Å². The van der Waals surface area contributed by atoms with Gasteiger partial charge in [0.05, 0.1) is 18.4 Å². The first-order valence-corrected chi connectivity index (χ1v) is 8.92. The lowest BCUT2D eigenvalue weighted by molar-refractivity contribution is -0.116. The summed E-state index contributed by atoms with van der Waals surface area (Å²) in [6.07, 6.45) is 1.82. The molecule has 4 rings (SSSR count). The molecule has 2 N–H and O–H groups in total. The molecule has 3 aromatic heterocycles. The van der Waals surface area contributed by atoms with Gasteiger partial charge in [0.2, 0.25) is 16.0 Å². The van der Waals surface area contributed by atoms with E-state index in [0.717, 1.165) is 28.1 Å². The normalized spacial score (nSPS) is 11.0. The van der Waals surface area contributed by atoms with E-state index in [1.165, 1.54) is 11.3 Å². The molecule has 3 heterocycles. The summed E-state index contributed by atoms with van der Waals surface area (Å²) in [5, 5.41) is 9.77. The van der Waals surface area contributed by atoms with Crippen LogP contribution in [0.25, 0.3) is 16.2 Å². The zero-order valence-corrected chi connectivity index (χ0v) is 14.8. The molecule has 0 spiro atoms. The van der Waals surface area contributed by atoms with Crippen LogP contribution < -0.4 is 16.4 Å². The fourth-order valence-corrected chi connectivity index (χ4v) is 3.32. The first-order valence-electron chi connectivity index (χ1n) is 8.10. The van der Waals surface area contributed by atoms with Gasteiger partial charge in [-0.3, -0.25) is 19.5 Å². The minimum absolute atomic E-state index is 0.0248. The summed E-state index contributed by atoms with van der Waals surface area (Å²) in [4.78, 5) is 40.1. The van der Waals surface area contributed by atoms with Crippen molar-refractivity contribution < 1.29 is 4.79 Å². The third-order valence-corrected chi connectivity index (χ3v) is 4.65. The molecule has 4 aromatic rings. The fraction of sp³-hybridized carbons (Fsp3) is 0.118. The molecule has 0 aliphatic heterocycles. The summed E-state index contributed by atoms with van der Waals surface area (Å²) in [7, 11) is 0. The van der Waals surface area contributed by atoms with E-state index in [2.05, 4.69) is 20.5 Å². The topological polar surface area (TPSA) is 114 Å². The third kappa shape index (κ3) is 3.70. The monoisotopic (exact) mass is 382 g/mol. The number of nitrogens with one attached hydrogen (secondary N) is 2. The van der Waals surface area contributed by atoms with Crippen LogP contribution in [0, 0.1) is 0 Å². The maximum Gasteiger partial charge on any atom is 0.265 e. The van der Waals surface area contributed by atoms with Crippen molar-refractivity contribution in [2.75, 3.05) is 5.32 Å². The van der Waals surface area contributed by atoms with E-state index in [1.54, 1.807) is 10.7 Å². The van der Waals surface area contributed by atoms with Gasteiger partial charge >= 0.3 is 0 Å². The highest BCUT2D eigenvalue weighted by Gasteiger charge is 2.12. The first kappa shape index (κ1) is 16.9. The van der Waals surface area contributed by atoms with Crippen molar-refractivity contribution in [1.29, 1.82) is 0 Å². The van der Waals surface area contributed by atoms with E-state index in [4.69, 9.17) is 0 Å². The molecule has 0 atom stereocenters. The fourth-order valence-electron chi connectivity index (χ4n) is 2.52. The number of carbonyl (C=O) groups is 1. The summed E-state index contributed by atoms with van der Waals surface area (Å²) in [5.74, 6) is -0.313. The Morgan fingerprint density at radius 3 is 2.74 bits per heavy atom. The van der Waals surface area contributed by atoms with E-state index < -0.39 is 5.56 Å². The van der Waals surface area contributed by atoms with Crippen LogP contribution in [0.1, 0.15) is 6.42 Å². The highest BCUT2D eigenvalue weighted by molar-refractivity contribution is 7.20. The number of nitrogens with zero attached hydrogens (tertiary/aromatic N) is 4. The van der Waals surface area contributed by atoms with Crippen molar-refractivity contribution >= 4 is 27.3 Å². The molecule has 1 aromatic carbocycles. The lowest BCUT2D eigenvalue weighted by Gasteiger charge is -2.04. The van der Waals surface area contributed by atoms with Gasteiger partial charge in [-0.15, -0.1) is 5.10 Å². The summed E-state index contributed by atoms with van der Waals surface area (Å²) in [6, 6.07) is 12.0. The zero-order valence-electron chi connectivity index (χ0n) is 14.0. The van der Waals surface area contributed by atoms with Gasteiger partial charge in [-0.1, -0.05) is 41.7 Å². The van der Waals surface area contributed by atoms with Crippen molar-refractivity contribution in [3.8, 4) is 11.3 Å². The Hall–Kier alpha value is -3.53. The van der Waals surface area contributed by atoms with E-state index >= 15 is 0 Å². The molecule has 27 heavy (non-hydrogen) atoms. The number of benzene rings is 1. The van der Waals surface area contributed by atoms with Crippen LogP contribution in [0.4, 0.5) is 5.13 Å². The van der Waals surface area contributed by atoms with Crippen molar-refractivity contribution in [3.63, 3.8) is 0 Å². The molecule has 0 aliphatic rings. The maximum absolute atomic E-state index is 12.1. The van der Waals surface area contributed by atoms with Gasteiger partial charge in [0.1, 0.15) is 0 Å². The number of hydrogen-bond donors (Lipinski definition) is 2. The number of aromatic amines is 1. The Morgan fingerprint density at radius 1 is 1.15 bits per heavy atom. The van der Waals surface area contributed by atoms with Crippen molar-refractivity contribution in [1.82, 2.24) is 24.4 Å². The van der Waals surface area contributed by atoms with E-state index in [0.29, 0.717) is 10.1 Å². The number of rotatable bonds is 5. The van der Waals surface area contributed by atoms with Crippen LogP contribution in [0.15, 0.2) is 58.3 Å². The highest BCUT2D eigenvalue weighted by atomic mass is 32.1. The van der Waals surface area contributed by atoms with Gasteiger partial charge < -0.3 is 5.32 Å². The number of imidazole rings is 1. The van der Waals surface area contributed by atoms with E-state index in [-0.39, 0.29) is 24.4 Å². The minimum atomic E-state index is -0.398. The molecule has 136 valence electrons. The summed E-state index contributed by atoms with van der Waals surface area (Å²) in [5.41, 5.74) is 1.02. The van der Waals surface area contributed by atoms with Crippen LogP contribution in [0.5, 0.6) is 0 Å². The molecule has 0 aliphatic carbocycles. The molecule has 10 heteroatoms. The molecular formula is C17H14N6O3S. The number of H-pyrrole nitrogens is 1. The zero-order chi connectivity index (χ0) is 18.8. The minimum Gasteiger partial charge on any atom is -0.300 e. The molecule has 0 bridgehead atoms. The van der Waals surface area contributed by atoms with Gasteiger partial charge in [-0.25, -0.2) is 14.2 Å². The average Bonchev–Trinajstić information content (AvgIpc) is 3.22.